The van der Waals surface area contributed by atoms with Gasteiger partial charge in [0.15, 0.2) is 0 Å². The Morgan fingerprint density at radius 2 is 2.10 bits per heavy atom. The highest BCUT2D eigenvalue weighted by molar-refractivity contribution is 9.10. The topological polar surface area (TPSA) is 20.3 Å². The number of carbonyl (C=O) groups is 1. The molecule has 2 nitrogen and oxygen atoms in total. The highest BCUT2D eigenvalue weighted by atomic mass is 79.9. The first-order chi connectivity index (χ1) is 10.2. The van der Waals surface area contributed by atoms with Crippen molar-refractivity contribution in [2.24, 2.45) is 0 Å². The van der Waals surface area contributed by atoms with E-state index in [9.17, 15) is 4.79 Å². The van der Waals surface area contributed by atoms with Gasteiger partial charge in [-0.1, -0.05) is 35.0 Å². The van der Waals surface area contributed by atoms with E-state index >= 15 is 0 Å². The second-order valence-corrected chi connectivity index (χ2v) is 7.28. The minimum atomic E-state index is 0.237. The maximum atomic E-state index is 12.7. The van der Waals surface area contributed by atoms with Crippen molar-refractivity contribution in [2.45, 2.75) is 32.2 Å². The normalized spacial score (nSPS) is 17.6. The highest BCUT2D eigenvalue weighted by Crippen LogP contribution is 2.35. The zero-order valence-electron chi connectivity index (χ0n) is 12.0. The molecule has 0 saturated carbocycles. The van der Waals surface area contributed by atoms with Crippen LogP contribution in [-0.2, 0) is 17.6 Å². The summed E-state index contributed by atoms with van der Waals surface area (Å²) in [5.41, 5.74) is 2.44. The Bertz CT molecular complexity index is 634. The van der Waals surface area contributed by atoms with Crippen LogP contribution in [0.25, 0.3) is 0 Å². The maximum absolute atomic E-state index is 12.7. The molecule has 1 unspecified atom stereocenters. The van der Waals surface area contributed by atoms with E-state index < -0.39 is 0 Å². The Hall–Kier alpha value is -1.13. The van der Waals surface area contributed by atoms with Gasteiger partial charge >= 0.3 is 0 Å². The molecule has 1 atom stereocenters. The van der Waals surface area contributed by atoms with Gasteiger partial charge in [-0.15, -0.1) is 11.3 Å². The van der Waals surface area contributed by atoms with Crippen molar-refractivity contribution in [1.82, 2.24) is 4.90 Å². The second-order valence-electron chi connectivity index (χ2n) is 5.36. The van der Waals surface area contributed by atoms with E-state index in [0.717, 1.165) is 29.4 Å². The van der Waals surface area contributed by atoms with Gasteiger partial charge in [-0.3, -0.25) is 4.79 Å². The molecule has 2 heterocycles. The van der Waals surface area contributed by atoms with Crippen molar-refractivity contribution in [3.8, 4) is 0 Å². The van der Waals surface area contributed by atoms with Crippen molar-refractivity contribution >= 4 is 33.2 Å². The Morgan fingerprint density at radius 3 is 2.81 bits per heavy atom. The van der Waals surface area contributed by atoms with Crippen LogP contribution in [0.3, 0.4) is 0 Å². The SMILES string of the molecule is CCC1c2ccsc2CCN1C(=O)Cc1ccc(Br)cc1. The molecule has 0 aliphatic carbocycles. The molecule has 1 aliphatic rings. The molecule has 21 heavy (non-hydrogen) atoms. The molecule has 0 N–H and O–H groups in total. The van der Waals surface area contributed by atoms with Gasteiger partial charge in [0.25, 0.3) is 0 Å². The molecular weight excluding hydrogens is 346 g/mol. The van der Waals surface area contributed by atoms with Crippen LogP contribution >= 0.6 is 27.3 Å². The van der Waals surface area contributed by atoms with Gasteiger partial charge in [0, 0.05) is 15.9 Å². The maximum Gasteiger partial charge on any atom is 0.227 e. The van der Waals surface area contributed by atoms with E-state index in [1.165, 1.54) is 10.4 Å². The summed E-state index contributed by atoms with van der Waals surface area (Å²) in [6.07, 6.45) is 2.47. The number of nitrogens with zero attached hydrogens (tertiary/aromatic N) is 1. The summed E-state index contributed by atoms with van der Waals surface area (Å²) in [6.45, 7) is 3.01. The standard InChI is InChI=1S/C17H18BrNOS/c1-2-15-14-8-10-21-16(14)7-9-19(15)17(20)11-12-3-5-13(18)6-4-12/h3-6,8,10,15H,2,7,9,11H2,1H3. The molecule has 1 amide bonds. The molecule has 0 saturated heterocycles. The molecule has 110 valence electrons. The minimum Gasteiger partial charge on any atom is -0.335 e. The zero-order chi connectivity index (χ0) is 14.8. The monoisotopic (exact) mass is 363 g/mol. The van der Waals surface area contributed by atoms with Crippen molar-refractivity contribution in [2.75, 3.05) is 6.54 Å². The van der Waals surface area contributed by atoms with E-state index in [1.54, 1.807) is 0 Å². The predicted molar refractivity (Wildman–Crippen MR) is 90.6 cm³/mol. The van der Waals surface area contributed by atoms with Crippen molar-refractivity contribution < 1.29 is 4.79 Å². The van der Waals surface area contributed by atoms with Crippen molar-refractivity contribution in [3.05, 3.63) is 56.2 Å². The molecule has 0 fully saturated rings. The van der Waals surface area contributed by atoms with E-state index in [-0.39, 0.29) is 11.9 Å². The summed E-state index contributed by atoms with van der Waals surface area (Å²) in [7, 11) is 0. The van der Waals surface area contributed by atoms with Crippen LogP contribution in [0.2, 0.25) is 0 Å². The van der Waals surface area contributed by atoms with Crippen molar-refractivity contribution in [1.29, 1.82) is 0 Å². The van der Waals surface area contributed by atoms with Crippen LogP contribution in [0.4, 0.5) is 0 Å². The molecule has 0 radical (unpaired) electrons. The molecule has 2 aromatic rings. The fourth-order valence-corrected chi connectivity index (χ4v) is 4.21. The van der Waals surface area contributed by atoms with Crippen LogP contribution < -0.4 is 0 Å². The number of thiophene rings is 1. The van der Waals surface area contributed by atoms with Crippen molar-refractivity contribution in [3.63, 3.8) is 0 Å². The molecule has 0 spiro atoms. The van der Waals surface area contributed by atoms with Gasteiger partial charge < -0.3 is 4.90 Å². The lowest BCUT2D eigenvalue weighted by Gasteiger charge is -2.35. The lowest BCUT2D eigenvalue weighted by Crippen LogP contribution is -2.40. The summed E-state index contributed by atoms with van der Waals surface area (Å²) in [5.74, 6) is 0.237. The van der Waals surface area contributed by atoms with E-state index in [2.05, 4.69) is 39.2 Å². The van der Waals surface area contributed by atoms with Crippen LogP contribution in [0.5, 0.6) is 0 Å². The number of carbonyl (C=O) groups excluding carboxylic acids is 1. The number of amides is 1. The fraction of sp³-hybridized carbons (Fsp3) is 0.353. The Kier molecular flexibility index (Phi) is 4.45. The number of halogens is 1. The summed E-state index contributed by atoms with van der Waals surface area (Å²) in [6, 6.07) is 10.5. The minimum absolute atomic E-state index is 0.237. The first-order valence-electron chi connectivity index (χ1n) is 7.29. The molecule has 3 rings (SSSR count). The quantitative estimate of drug-likeness (QED) is 0.780. The summed E-state index contributed by atoms with van der Waals surface area (Å²) in [4.78, 5) is 16.2. The first kappa shape index (κ1) is 14.8. The van der Waals surface area contributed by atoms with Gasteiger partial charge in [0.1, 0.15) is 0 Å². The number of hydrogen-bond donors (Lipinski definition) is 0. The third kappa shape index (κ3) is 3.06. The Labute approximate surface area is 137 Å². The molecule has 1 aliphatic heterocycles. The number of fused-ring (bicyclic) bond motifs is 1. The third-order valence-corrected chi connectivity index (χ3v) is 5.60. The largest absolute Gasteiger partial charge is 0.335 e. The van der Waals surface area contributed by atoms with Gasteiger partial charge in [-0.2, -0.15) is 0 Å². The van der Waals surface area contributed by atoms with Gasteiger partial charge in [0.2, 0.25) is 5.91 Å². The zero-order valence-corrected chi connectivity index (χ0v) is 14.4. The second kappa shape index (κ2) is 6.32. The lowest BCUT2D eigenvalue weighted by atomic mass is 9.97. The number of rotatable bonds is 3. The smallest absolute Gasteiger partial charge is 0.227 e. The lowest BCUT2D eigenvalue weighted by molar-refractivity contribution is -0.133. The Morgan fingerprint density at radius 1 is 1.33 bits per heavy atom. The average molecular weight is 364 g/mol. The summed E-state index contributed by atoms with van der Waals surface area (Å²) >= 11 is 5.25. The van der Waals surface area contributed by atoms with Gasteiger partial charge in [-0.25, -0.2) is 0 Å². The van der Waals surface area contributed by atoms with Gasteiger partial charge in [-0.05, 0) is 47.5 Å². The predicted octanol–water partition coefficient (Wildman–Crippen LogP) is 4.59. The summed E-state index contributed by atoms with van der Waals surface area (Å²) < 4.78 is 1.05. The van der Waals surface area contributed by atoms with Gasteiger partial charge in [0.05, 0.1) is 12.5 Å². The van der Waals surface area contributed by atoms with Crippen LogP contribution in [0.15, 0.2) is 40.2 Å². The molecule has 1 aromatic heterocycles. The van der Waals surface area contributed by atoms with Crippen LogP contribution in [0, 0.1) is 0 Å². The van der Waals surface area contributed by atoms with E-state index in [1.807, 2.05) is 35.6 Å². The van der Waals surface area contributed by atoms with Crippen LogP contribution in [0.1, 0.15) is 35.4 Å². The van der Waals surface area contributed by atoms with Crippen LogP contribution in [-0.4, -0.2) is 17.4 Å². The fourth-order valence-electron chi connectivity index (χ4n) is 3.01. The van der Waals surface area contributed by atoms with E-state index in [4.69, 9.17) is 0 Å². The Balaban J connectivity index is 1.77. The molecule has 4 heteroatoms. The molecule has 1 aromatic carbocycles. The molecule has 0 bridgehead atoms. The average Bonchev–Trinajstić information content (AvgIpc) is 2.97. The number of hydrogen-bond acceptors (Lipinski definition) is 2. The summed E-state index contributed by atoms with van der Waals surface area (Å²) in [5, 5.41) is 2.15. The molecular formula is C17H18BrNOS. The van der Waals surface area contributed by atoms with E-state index in [0.29, 0.717) is 6.42 Å². The third-order valence-electron chi connectivity index (χ3n) is 4.07. The number of benzene rings is 1. The first-order valence-corrected chi connectivity index (χ1v) is 8.96. The highest BCUT2D eigenvalue weighted by Gasteiger charge is 2.29.